The van der Waals surface area contributed by atoms with Gasteiger partial charge in [-0.1, -0.05) is 45.7 Å². The molecule has 10 heteroatoms. The molecule has 1 N–H and O–H groups in total. The summed E-state index contributed by atoms with van der Waals surface area (Å²) in [4.78, 5) is 12.4. The van der Waals surface area contributed by atoms with Crippen molar-refractivity contribution in [1.29, 1.82) is 0 Å². The Morgan fingerprint density at radius 1 is 1.19 bits per heavy atom. The number of rotatable bonds is 7. The van der Waals surface area contributed by atoms with Gasteiger partial charge in [-0.25, -0.2) is 13.8 Å². The number of aromatic nitrogens is 1. The van der Waals surface area contributed by atoms with Crippen LogP contribution in [-0.4, -0.2) is 37.9 Å². The van der Waals surface area contributed by atoms with Crippen molar-refractivity contribution < 1.29 is 13.2 Å². The Morgan fingerprint density at radius 3 is 2.56 bits per heavy atom. The fourth-order valence-corrected chi connectivity index (χ4v) is 4.75. The Kier molecular flexibility index (Phi) is 7.43. The molecule has 0 aliphatic rings. The van der Waals surface area contributed by atoms with Gasteiger partial charge in [-0.2, -0.15) is 5.10 Å². The van der Waals surface area contributed by atoms with Crippen molar-refractivity contribution in [3.05, 3.63) is 81.0 Å². The average Bonchev–Trinajstić information content (AvgIpc) is 2.99. The lowest BCUT2D eigenvalue weighted by molar-refractivity contribution is -0.119. The highest BCUT2D eigenvalue weighted by Gasteiger charge is 2.21. The van der Waals surface area contributed by atoms with Crippen LogP contribution in [0.25, 0.3) is 5.69 Å². The molecule has 1 amide bonds. The number of hydrazone groups is 1. The predicted octanol–water partition coefficient (Wildman–Crippen LogP) is 4.43. The van der Waals surface area contributed by atoms with Gasteiger partial charge in [0.15, 0.2) is 0 Å². The van der Waals surface area contributed by atoms with E-state index in [0.29, 0.717) is 15.2 Å². The summed E-state index contributed by atoms with van der Waals surface area (Å²) in [5, 5.41) is 4.64. The summed E-state index contributed by atoms with van der Waals surface area (Å²) in [5.74, 6) is -0.563. The van der Waals surface area contributed by atoms with Crippen LogP contribution < -0.4 is 9.73 Å². The summed E-state index contributed by atoms with van der Waals surface area (Å²) in [7, 11) is -3.67. The van der Waals surface area contributed by atoms with E-state index in [0.717, 1.165) is 33.2 Å². The molecule has 32 heavy (non-hydrogen) atoms. The SMILES string of the molecule is Cc1cc(/C=N\NC(=O)CN(c2cccc(Br)c2)S(C)(=O)=O)c(C)n1-c1ccccc1Cl. The van der Waals surface area contributed by atoms with E-state index >= 15 is 0 Å². The van der Waals surface area contributed by atoms with Gasteiger partial charge in [-0.15, -0.1) is 0 Å². The third-order valence-corrected chi connectivity index (χ3v) is 6.69. The minimum absolute atomic E-state index is 0.379. The molecule has 168 valence electrons. The maximum absolute atomic E-state index is 12.4. The highest BCUT2D eigenvalue weighted by atomic mass is 79.9. The van der Waals surface area contributed by atoms with Gasteiger partial charge in [0.2, 0.25) is 10.0 Å². The third-order valence-electron chi connectivity index (χ3n) is 4.74. The number of sulfonamides is 1. The van der Waals surface area contributed by atoms with Gasteiger partial charge in [-0.3, -0.25) is 9.10 Å². The van der Waals surface area contributed by atoms with Crippen molar-refractivity contribution in [3.8, 4) is 5.69 Å². The Hall–Kier alpha value is -2.62. The summed E-state index contributed by atoms with van der Waals surface area (Å²) in [6, 6.07) is 16.2. The van der Waals surface area contributed by atoms with Crippen LogP contribution >= 0.6 is 27.5 Å². The zero-order chi connectivity index (χ0) is 23.5. The fraction of sp³-hybridized carbons (Fsp3) is 0.182. The Balaban J connectivity index is 1.75. The van der Waals surface area contributed by atoms with Crippen LogP contribution in [0.1, 0.15) is 17.0 Å². The Labute approximate surface area is 200 Å². The smallest absolute Gasteiger partial charge is 0.260 e. The number of carbonyl (C=O) groups is 1. The molecular weight excluding hydrogens is 516 g/mol. The number of carbonyl (C=O) groups excluding carboxylic acids is 1. The van der Waals surface area contributed by atoms with Crippen molar-refractivity contribution in [3.63, 3.8) is 0 Å². The standard InChI is InChI=1S/C22H22BrClN4O3S/c1-15-11-17(16(2)28(15)21-10-5-4-9-20(21)24)13-25-26-22(29)14-27(32(3,30)31)19-8-6-7-18(23)12-19/h4-13H,14H2,1-3H3,(H,26,29)/b25-13-. The lowest BCUT2D eigenvalue weighted by atomic mass is 10.2. The molecule has 0 radical (unpaired) electrons. The number of nitrogens with one attached hydrogen (secondary N) is 1. The molecule has 3 rings (SSSR count). The van der Waals surface area contributed by atoms with E-state index in [1.807, 2.05) is 48.7 Å². The number of para-hydroxylation sites is 1. The molecule has 2 aromatic carbocycles. The van der Waals surface area contributed by atoms with Crippen LogP contribution in [0.3, 0.4) is 0 Å². The first-order valence-electron chi connectivity index (χ1n) is 9.57. The summed E-state index contributed by atoms with van der Waals surface area (Å²) in [5.41, 5.74) is 6.30. The molecule has 1 aromatic heterocycles. The number of aryl methyl sites for hydroxylation is 1. The number of halogens is 2. The highest BCUT2D eigenvalue weighted by Crippen LogP contribution is 2.26. The Morgan fingerprint density at radius 2 is 1.91 bits per heavy atom. The monoisotopic (exact) mass is 536 g/mol. The second kappa shape index (κ2) is 9.89. The number of nitrogens with zero attached hydrogens (tertiary/aromatic N) is 3. The van der Waals surface area contributed by atoms with Crippen LogP contribution in [0, 0.1) is 13.8 Å². The molecule has 0 aliphatic carbocycles. The maximum atomic E-state index is 12.4. The molecule has 0 aliphatic heterocycles. The molecule has 0 unspecified atom stereocenters. The maximum Gasteiger partial charge on any atom is 0.260 e. The van der Waals surface area contributed by atoms with Crippen molar-refractivity contribution in [2.24, 2.45) is 5.10 Å². The first-order chi connectivity index (χ1) is 15.1. The van der Waals surface area contributed by atoms with E-state index in [1.165, 1.54) is 6.21 Å². The lowest BCUT2D eigenvalue weighted by Gasteiger charge is -2.21. The van der Waals surface area contributed by atoms with Crippen LogP contribution in [0.5, 0.6) is 0 Å². The van der Waals surface area contributed by atoms with E-state index in [-0.39, 0.29) is 0 Å². The van der Waals surface area contributed by atoms with Gasteiger partial charge in [0.1, 0.15) is 6.54 Å². The summed E-state index contributed by atoms with van der Waals surface area (Å²) in [6.07, 6.45) is 2.57. The number of hydrogen-bond donors (Lipinski definition) is 1. The summed E-state index contributed by atoms with van der Waals surface area (Å²) >= 11 is 9.65. The molecule has 0 bridgehead atoms. The number of hydrogen-bond acceptors (Lipinski definition) is 4. The zero-order valence-corrected chi connectivity index (χ0v) is 20.9. The minimum Gasteiger partial charge on any atom is -0.316 e. The van der Waals surface area contributed by atoms with Gasteiger partial charge in [-0.05, 0) is 50.2 Å². The van der Waals surface area contributed by atoms with E-state index < -0.39 is 22.5 Å². The van der Waals surface area contributed by atoms with Gasteiger partial charge in [0.25, 0.3) is 5.91 Å². The van der Waals surface area contributed by atoms with Crippen molar-refractivity contribution in [1.82, 2.24) is 9.99 Å². The minimum atomic E-state index is -3.67. The van der Waals surface area contributed by atoms with E-state index in [9.17, 15) is 13.2 Å². The van der Waals surface area contributed by atoms with Gasteiger partial charge in [0, 0.05) is 21.4 Å². The normalized spacial score (nSPS) is 11.7. The van der Waals surface area contributed by atoms with Crippen molar-refractivity contribution in [2.75, 3.05) is 17.1 Å². The molecule has 0 spiro atoms. The van der Waals surface area contributed by atoms with E-state index in [2.05, 4.69) is 26.5 Å². The first-order valence-corrected chi connectivity index (χ1v) is 12.6. The topological polar surface area (TPSA) is 83.8 Å². The first kappa shape index (κ1) is 24.0. The molecule has 3 aromatic rings. The van der Waals surface area contributed by atoms with Crippen LogP contribution in [0.2, 0.25) is 5.02 Å². The highest BCUT2D eigenvalue weighted by molar-refractivity contribution is 9.10. The van der Waals surface area contributed by atoms with Gasteiger partial charge in [0.05, 0.1) is 28.9 Å². The number of benzene rings is 2. The summed E-state index contributed by atoms with van der Waals surface area (Å²) in [6.45, 7) is 3.48. The largest absolute Gasteiger partial charge is 0.316 e. The predicted molar refractivity (Wildman–Crippen MR) is 132 cm³/mol. The lowest BCUT2D eigenvalue weighted by Crippen LogP contribution is -2.39. The van der Waals surface area contributed by atoms with Gasteiger partial charge < -0.3 is 4.57 Å². The molecule has 0 saturated carbocycles. The number of amides is 1. The molecule has 1 heterocycles. The van der Waals surface area contributed by atoms with Crippen molar-refractivity contribution in [2.45, 2.75) is 13.8 Å². The van der Waals surface area contributed by atoms with Crippen LogP contribution in [0.4, 0.5) is 5.69 Å². The summed E-state index contributed by atoms with van der Waals surface area (Å²) < 4.78 is 28.1. The van der Waals surface area contributed by atoms with Crippen LogP contribution in [0.15, 0.2) is 64.2 Å². The molecule has 7 nitrogen and oxygen atoms in total. The molecule has 0 atom stereocenters. The quantitative estimate of drug-likeness (QED) is 0.358. The fourth-order valence-electron chi connectivity index (χ4n) is 3.29. The second-order valence-corrected chi connectivity index (χ2v) is 10.4. The van der Waals surface area contributed by atoms with Crippen LogP contribution in [-0.2, 0) is 14.8 Å². The average molecular weight is 538 g/mol. The van der Waals surface area contributed by atoms with E-state index in [1.54, 1.807) is 24.3 Å². The second-order valence-electron chi connectivity index (χ2n) is 7.16. The van der Waals surface area contributed by atoms with Gasteiger partial charge >= 0.3 is 0 Å². The number of anilines is 1. The van der Waals surface area contributed by atoms with E-state index in [4.69, 9.17) is 11.6 Å². The molecule has 0 fully saturated rings. The zero-order valence-electron chi connectivity index (χ0n) is 17.7. The molecular formula is C22H22BrClN4O3S. The molecule has 0 saturated heterocycles. The van der Waals surface area contributed by atoms with Crippen molar-refractivity contribution >= 4 is 55.4 Å². The Bertz CT molecular complexity index is 1290. The third kappa shape index (κ3) is 5.59.